The molecule has 2 aromatic heterocycles. The van der Waals surface area contributed by atoms with Gasteiger partial charge in [0.2, 0.25) is 5.78 Å². The predicted molar refractivity (Wildman–Crippen MR) is 126 cm³/mol. The van der Waals surface area contributed by atoms with E-state index in [4.69, 9.17) is 17.3 Å². The third kappa shape index (κ3) is 5.57. The third-order valence-corrected chi connectivity index (χ3v) is 7.35. The molecular formula is C24H20BrClN2OS2. The minimum absolute atomic E-state index is 0. The standard InChI is InChI=1S/C24H19ClN2OS2.BrH/c25-19-11-9-18(10-12-19)22(28)23-20(26)21(27-14-5-2-6-15-27)24(30-23)29-16-13-17-7-3-1-4-8-17;/h1-12,14-15H,13,16H2,(H-,26,28);1H. The summed E-state index contributed by atoms with van der Waals surface area (Å²) < 4.78 is 3.02. The minimum Gasteiger partial charge on any atom is -1.00 e. The van der Waals surface area contributed by atoms with E-state index in [0.29, 0.717) is 21.2 Å². The third-order valence-electron chi connectivity index (χ3n) is 4.64. The Morgan fingerprint density at radius 1 is 0.968 bits per heavy atom. The smallest absolute Gasteiger partial charge is 0.259 e. The van der Waals surface area contributed by atoms with E-state index in [-0.39, 0.29) is 22.8 Å². The van der Waals surface area contributed by atoms with Gasteiger partial charge in [0, 0.05) is 28.5 Å². The maximum absolute atomic E-state index is 13.1. The number of aromatic nitrogens is 1. The number of halogens is 2. The number of aryl methyl sites for hydroxylation is 1. The van der Waals surface area contributed by atoms with Crippen LogP contribution in [0.3, 0.4) is 0 Å². The quantitative estimate of drug-likeness (QED) is 0.227. The summed E-state index contributed by atoms with van der Waals surface area (Å²) in [5.41, 5.74) is 9.77. The number of nitrogens with two attached hydrogens (primary N) is 1. The number of anilines is 1. The molecule has 0 atom stereocenters. The maximum Gasteiger partial charge on any atom is 0.259 e. The van der Waals surface area contributed by atoms with Crippen molar-refractivity contribution in [3.05, 3.63) is 106 Å². The number of hydrogen-bond donors (Lipinski definition) is 1. The van der Waals surface area contributed by atoms with Crippen molar-refractivity contribution in [3.63, 3.8) is 0 Å². The van der Waals surface area contributed by atoms with E-state index >= 15 is 0 Å². The lowest BCUT2D eigenvalue weighted by Gasteiger charge is -2.01. The van der Waals surface area contributed by atoms with Gasteiger partial charge in [-0.25, -0.2) is 0 Å². The highest BCUT2D eigenvalue weighted by atomic mass is 79.9. The lowest BCUT2D eigenvalue weighted by molar-refractivity contribution is -0.596. The van der Waals surface area contributed by atoms with Gasteiger partial charge in [0.15, 0.2) is 12.4 Å². The van der Waals surface area contributed by atoms with Gasteiger partial charge in [-0.2, -0.15) is 4.57 Å². The normalized spacial score (nSPS) is 10.5. The SMILES string of the molecule is Nc1c(C(=O)c2ccc(Cl)cc2)sc(SCCc2ccccc2)c1-[n+]1ccccc1.[Br-]. The average Bonchev–Trinajstić information content (AvgIpc) is 3.11. The van der Waals surface area contributed by atoms with Crippen molar-refractivity contribution in [1.82, 2.24) is 0 Å². The molecule has 7 heteroatoms. The molecule has 2 heterocycles. The molecule has 2 N–H and O–H groups in total. The van der Waals surface area contributed by atoms with Gasteiger partial charge in [-0.05, 0) is 36.2 Å². The van der Waals surface area contributed by atoms with E-state index in [9.17, 15) is 4.79 Å². The van der Waals surface area contributed by atoms with Gasteiger partial charge in [-0.1, -0.05) is 48.0 Å². The van der Waals surface area contributed by atoms with Crippen LogP contribution in [0.25, 0.3) is 5.69 Å². The number of thioether (sulfide) groups is 1. The van der Waals surface area contributed by atoms with Gasteiger partial charge in [0.25, 0.3) is 5.69 Å². The number of pyridine rings is 1. The van der Waals surface area contributed by atoms with Gasteiger partial charge >= 0.3 is 0 Å². The molecule has 0 saturated carbocycles. The molecule has 2 aromatic carbocycles. The first-order valence-corrected chi connectivity index (χ1v) is 11.7. The highest BCUT2D eigenvalue weighted by Crippen LogP contribution is 2.40. The van der Waals surface area contributed by atoms with Gasteiger partial charge in [-0.3, -0.25) is 4.79 Å². The highest BCUT2D eigenvalue weighted by molar-refractivity contribution is 8.01. The topological polar surface area (TPSA) is 47.0 Å². The Morgan fingerprint density at radius 3 is 2.29 bits per heavy atom. The molecule has 0 unspecified atom stereocenters. The van der Waals surface area contributed by atoms with Crippen LogP contribution in [0.4, 0.5) is 5.69 Å². The Labute approximate surface area is 205 Å². The van der Waals surface area contributed by atoms with Crippen LogP contribution in [0, 0.1) is 0 Å². The molecule has 0 amide bonds. The van der Waals surface area contributed by atoms with E-state index in [1.165, 1.54) is 16.9 Å². The van der Waals surface area contributed by atoms with Crippen LogP contribution in [-0.4, -0.2) is 11.5 Å². The van der Waals surface area contributed by atoms with E-state index in [2.05, 4.69) is 24.3 Å². The molecule has 4 aromatic rings. The number of thiophene rings is 1. The number of nitrogen functional groups attached to an aromatic ring is 1. The lowest BCUT2D eigenvalue weighted by atomic mass is 10.1. The van der Waals surface area contributed by atoms with Crippen molar-refractivity contribution < 1.29 is 26.3 Å². The molecule has 0 saturated heterocycles. The molecule has 31 heavy (non-hydrogen) atoms. The zero-order chi connectivity index (χ0) is 20.9. The molecule has 4 rings (SSSR count). The molecule has 0 fully saturated rings. The van der Waals surface area contributed by atoms with E-state index in [1.807, 2.05) is 41.2 Å². The molecule has 0 bridgehead atoms. The summed E-state index contributed by atoms with van der Waals surface area (Å²) in [5.74, 6) is 0.820. The second-order valence-electron chi connectivity index (χ2n) is 6.68. The molecule has 3 nitrogen and oxygen atoms in total. The fraction of sp³-hybridized carbons (Fsp3) is 0.0833. The fourth-order valence-corrected chi connectivity index (χ4v) is 5.76. The Bertz CT molecular complexity index is 1150. The number of ketones is 1. The summed E-state index contributed by atoms with van der Waals surface area (Å²) in [6, 6.07) is 23.2. The molecule has 0 aliphatic heterocycles. The monoisotopic (exact) mass is 530 g/mol. The Hall–Kier alpha value is -2.12. The van der Waals surface area contributed by atoms with Crippen LogP contribution in [0.1, 0.15) is 20.8 Å². The molecule has 0 aliphatic rings. The van der Waals surface area contributed by atoms with Crippen molar-refractivity contribution in [2.75, 3.05) is 11.5 Å². The van der Waals surface area contributed by atoms with Gasteiger partial charge < -0.3 is 22.7 Å². The number of carbonyl (C=O) groups is 1. The van der Waals surface area contributed by atoms with Crippen molar-refractivity contribution in [2.24, 2.45) is 0 Å². The molecule has 0 radical (unpaired) electrons. The lowest BCUT2D eigenvalue weighted by Crippen LogP contribution is -3.00. The van der Waals surface area contributed by atoms with E-state index in [0.717, 1.165) is 22.1 Å². The van der Waals surface area contributed by atoms with E-state index < -0.39 is 0 Å². The van der Waals surface area contributed by atoms with E-state index in [1.54, 1.807) is 36.0 Å². The van der Waals surface area contributed by atoms with Gasteiger partial charge in [0.1, 0.15) is 14.8 Å². The largest absolute Gasteiger partial charge is 1.00 e. The Balaban J connectivity index is 0.00000272. The van der Waals surface area contributed by atoms with Crippen LogP contribution in [-0.2, 0) is 6.42 Å². The Morgan fingerprint density at radius 2 is 1.61 bits per heavy atom. The molecule has 0 spiro atoms. The molecule has 158 valence electrons. The summed E-state index contributed by atoms with van der Waals surface area (Å²) in [6.45, 7) is 0. The highest BCUT2D eigenvalue weighted by Gasteiger charge is 2.28. The summed E-state index contributed by atoms with van der Waals surface area (Å²) in [6.07, 6.45) is 4.86. The van der Waals surface area contributed by atoms with Crippen LogP contribution >= 0.6 is 34.7 Å². The summed E-state index contributed by atoms with van der Waals surface area (Å²) >= 11 is 9.16. The first kappa shape index (κ1) is 23.5. The maximum atomic E-state index is 13.1. The second kappa shape index (κ2) is 11.0. The first-order valence-electron chi connectivity index (χ1n) is 9.49. The van der Waals surface area contributed by atoms with Crippen molar-refractivity contribution in [1.29, 1.82) is 0 Å². The number of benzene rings is 2. The van der Waals surface area contributed by atoms with Crippen LogP contribution in [0.15, 0.2) is 89.4 Å². The predicted octanol–water partition coefficient (Wildman–Crippen LogP) is 2.83. The molecular weight excluding hydrogens is 512 g/mol. The fourth-order valence-electron chi connectivity index (χ4n) is 3.11. The average molecular weight is 532 g/mol. The minimum atomic E-state index is -0.0816. The second-order valence-corrected chi connectivity index (χ2v) is 9.50. The number of hydrogen-bond acceptors (Lipinski definition) is 4. The number of rotatable bonds is 7. The zero-order valence-corrected chi connectivity index (χ0v) is 20.5. The van der Waals surface area contributed by atoms with Crippen molar-refractivity contribution in [2.45, 2.75) is 10.6 Å². The summed E-state index contributed by atoms with van der Waals surface area (Å²) in [7, 11) is 0. The number of carbonyl (C=O) groups excluding carboxylic acids is 1. The summed E-state index contributed by atoms with van der Waals surface area (Å²) in [4.78, 5) is 13.7. The Kier molecular flexibility index (Phi) is 8.32. The zero-order valence-electron chi connectivity index (χ0n) is 16.5. The van der Waals surface area contributed by atoms with Crippen molar-refractivity contribution in [3.8, 4) is 5.69 Å². The van der Waals surface area contributed by atoms with Crippen LogP contribution in [0.5, 0.6) is 0 Å². The molecule has 0 aliphatic carbocycles. The van der Waals surface area contributed by atoms with Gasteiger partial charge in [-0.15, -0.1) is 23.1 Å². The summed E-state index contributed by atoms with van der Waals surface area (Å²) in [5, 5.41) is 0.600. The van der Waals surface area contributed by atoms with Crippen LogP contribution < -0.4 is 27.3 Å². The first-order chi connectivity index (χ1) is 14.6. The number of nitrogens with zero attached hydrogens (tertiary/aromatic N) is 1. The van der Waals surface area contributed by atoms with Crippen LogP contribution in [0.2, 0.25) is 5.02 Å². The van der Waals surface area contributed by atoms with Gasteiger partial charge in [0.05, 0.1) is 0 Å². The van der Waals surface area contributed by atoms with Crippen molar-refractivity contribution >= 4 is 46.2 Å².